The van der Waals surface area contributed by atoms with Gasteiger partial charge in [0.05, 0.1) is 54.9 Å². The Bertz CT molecular complexity index is 1960. The largest absolute Gasteiger partial charge is 0.496 e. The first-order chi connectivity index (χ1) is 23.4. The number of hydrogen-bond donors (Lipinski definition) is 0. The highest BCUT2D eigenvalue weighted by molar-refractivity contribution is 5.91. The Morgan fingerprint density at radius 2 is 1.54 bits per heavy atom. The summed E-state index contributed by atoms with van der Waals surface area (Å²) in [5.74, 6) is -0.0172. The van der Waals surface area contributed by atoms with E-state index in [0.29, 0.717) is 51.5 Å². The minimum Gasteiger partial charge on any atom is -0.496 e. The molecule has 0 aliphatic carbocycles. The van der Waals surface area contributed by atoms with E-state index in [2.05, 4.69) is 6.58 Å². The van der Waals surface area contributed by atoms with Crippen LogP contribution in [0.1, 0.15) is 64.0 Å². The first-order valence-electron chi connectivity index (χ1n) is 15.2. The number of hydrogen-bond acceptors (Lipinski definition) is 6. The van der Waals surface area contributed by atoms with Gasteiger partial charge >= 0.3 is 24.4 Å². The second kappa shape index (κ2) is 13.5. The van der Waals surface area contributed by atoms with Crippen LogP contribution in [0, 0.1) is 6.92 Å². The second-order valence-electron chi connectivity index (χ2n) is 11.9. The number of pyridine rings is 1. The first kappa shape index (κ1) is 36.0. The molecule has 0 spiro atoms. The van der Waals surface area contributed by atoms with Gasteiger partial charge in [-0.3, -0.25) is 9.88 Å². The summed E-state index contributed by atoms with van der Waals surface area (Å²) in [6.45, 7) is 8.81. The normalized spacial score (nSPS) is 16.3. The molecule has 0 bridgehead atoms. The van der Waals surface area contributed by atoms with Crippen LogP contribution in [-0.2, 0) is 28.4 Å². The quantitative estimate of drug-likeness (QED) is 0.135. The molecule has 1 aromatic heterocycles. The van der Waals surface area contributed by atoms with E-state index < -0.39 is 53.3 Å². The molecule has 50 heavy (non-hydrogen) atoms. The van der Waals surface area contributed by atoms with E-state index in [1.54, 1.807) is 43.3 Å². The van der Waals surface area contributed by atoms with Gasteiger partial charge in [0.15, 0.2) is 0 Å². The number of carbonyl (C=O) groups is 2. The van der Waals surface area contributed by atoms with E-state index in [4.69, 9.17) is 19.2 Å². The van der Waals surface area contributed by atoms with Crippen molar-refractivity contribution >= 4 is 17.6 Å². The van der Waals surface area contributed by atoms with Gasteiger partial charge in [0.25, 0.3) is 0 Å². The van der Waals surface area contributed by atoms with Crippen LogP contribution < -0.4 is 4.74 Å². The lowest BCUT2D eigenvalue weighted by molar-refractivity contribution is -0.143. The Balaban J connectivity index is 1.57. The number of allylic oxidation sites excluding steroid dienone is 1. The molecule has 7 nitrogen and oxygen atoms in total. The third-order valence-electron chi connectivity index (χ3n) is 8.51. The highest BCUT2D eigenvalue weighted by Crippen LogP contribution is 2.42. The van der Waals surface area contributed by atoms with Gasteiger partial charge in [-0.1, -0.05) is 24.8 Å². The molecule has 2 heterocycles. The summed E-state index contributed by atoms with van der Waals surface area (Å²) in [6.07, 6.45) is -12.5. The molecule has 3 aromatic carbocycles. The smallest absolute Gasteiger partial charge is 0.416 e. The number of aryl methyl sites for hydroxylation is 1. The molecule has 4 aromatic rings. The van der Waals surface area contributed by atoms with Gasteiger partial charge in [-0.25, -0.2) is 9.59 Å². The monoisotopic (exact) mass is 698 g/mol. The fourth-order valence-corrected chi connectivity index (χ4v) is 5.89. The van der Waals surface area contributed by atoms with Crippen LogP contribution in [0.25, 0.3) is 27.8 Å². The Morgan fingerprint density at radius 3 is 2.10 bits per heavy atom. The fraction of sp³-hybridized carbons (Fsp3) is 0.270. The Morgan fingerprint density at radius 1 is 0.900 bits per heavy atom. The minimum absolute atomic E-state index is 0.0263. The van der Waals surface area contributed by atoms with Crippen LogP contribution >= 0.6 is 0 Å². The van der Waals surface area contributed by atoms with E-state index in [-0.39, 0.29) is 12.6 Å². The van der Waals surface area contributed by atoms with E-state index in [1.807, 2.05) is 19.1 Å². The lowest BCUT2D eigenvalue weighted by atomic mass is 9.93. The van der Waals surface area contributed by atoms with Crippen molar-refractivity contribution in [1.82, 2.24) is 9.88 Å². The standard InChI is InChI=1S/C37H32F6N2O5/c1-19(2)30-11-10-28(29-16-22(8-12-32(29)48-5)27-9-7-23(13-20(27)3)34(46)49-6)31(44-30)18-45-21(4)33(50-35(45)47)24-14-25(36(38,39)40)17-26(15-24)37(41,42)43/h7-17,21,33H,1,18H2,2-6H3/t21?,33-/m0/s1. The van der Waals surface area contributed by atoms with Gasteiger partial charge in [-0.2, -0.15) is 26.3 Å². The number of alkyl halides is 6. The predicted molar refractivity (Wildman–Crippen MR) is 173 cm³/mol. The van der Waals surface area contributed by atoms with Crippen LogP contribution in [0.15, 0.2) is 73.3 Å². The number of methoxy groups -OCH3 is 2. The summed E-state index contributed by atoms with van der Waals surface area (Å²) in [7, 11) is 2.78. The summed E-state index contributed by atoms with van der Waals surface area (Å²) in [6, 6.07) is 14.3. The molecule has 262 valence electrons. The van der Waals surface area contributed by atoms with Crippen molar-refractivity contribution in [2.24, 2.45) is 0 Å². The van der Waals surface area contributed by atoms with Crippen LogP contribution in [-0.4, -0.2) is 42.2 Å². The summed E-state index contributed by atoms with van der Waals surface area (Å²) >= 11 is 0. The van der Waals surface area contributed by atoms with Crippen molar-refractivity contribution in [3.05, 3.63) is 113 Å². The van der Waals surface area contributed by atoms with E-state index >= 15 is 0 Å². The SMILES string of the molecule is C=C(C)c1ccc(-c2cc(-c3ccc(C(=O)OC)cc3C)ccc2OC)c(CN2C(=O)O[C@H](c3cc(C(F)(F)F)cc(C(F)(F)F)c3)C2C)n1. The van der Waals surface area contributed by atoms with E-state index in [9.17, 15) is 35.9 Å². The number of ether oxygens (including phenoxy) is 3. The molecule has 0 N–H and O–H groups in total. The molecule has 0 radical (unpaired) electrons. The molecule has 1 aliphatic rings. The molecular weight excluding hydrogens is 666 g/mol. The Kier molecular flexibility index (Phi) is 9.73. The number of nitrogens with zero attached hydrogens (tertiary/aromatic N) is 2. The lowest BCUT2D eigenvalue weighted by Gasteiger charge is -2.24. The number of carbonyl (C=O) groups excluding carboxylic acids is 2. The summed E-state index contributed by atoms with van der Waals surface area (Å²) in [5, 5.41) is 0. The Labute approximate surface area is 284 Å². The van der Waals surface area contributed by atoms with E-state index in [0.717, 1.165) is 16.7 Å². The van der Waals surface area contributed by atoms with Crippen LogP contribution in [0.5, 0.6) is 5.75 Å². The number of halogens is 6. The zero-order valence-electron chi connectivity index (χ0n) is 27.6. The highest BCUT2D eigenvalue weighted by atomic mass is 19.4. The number of aromatic nitrogens is 1. The minimum atomic E-state index is -5.07. The molecule has 5 rings (SSSR count). The third-order valence-corrected chi connectivity index (χ3v) is 8.51. The summed E-state index contributed by atoms with van der Waals surface area (Å²) < 4.78 is 97.7. The maximum atomic E-state index is 13.6. The average molecular weight is 699 g/mol. The van der Waals surface area contributed by atoms with Crippen molar-refractivity contribution < 1.29 is 50.1 Å². The molecule has 1 saturated heterocycles. The highest BCUT2D eigenvalue weighted by Gasteiger charge is 2.43. The second-order valence-corrected chi connectivity index (χ2v) is 11.9. The maximum absolute atomic E-state index is 13.6. The van der Waals surface area contributed by atoms with Gasteiger partial charge in [-0.05, 0) is 97.1 Å². The van der Waals surface area contributed by atoms with Gasteiger partial charge in [0.2, 0.25) is 0 Å². The van der Waals surface area contributed by atoms with Crippen LogP contribution in [0.2, 0.25) is 0 Å². The van der Waals surface area contributed by atoms with E-state index in [1.165, 1.54) is 26.0 Å². The van der Waals surface area contributed by atoms with Gasteiger partial charge in [0.1, 0.15) is 11.9 Å². The zero-order valence-corrected chi connectivity index (χ0v) is 27.6. The maximum Gasteiger partial charge on any atom is 0.416 e. The van der Waals surface area contributed by atoms with Crippen molar-refractivity contribution in [3.63, 3.8) is 0 Å². The molecule has 2 atom stereocenters. The van der Waals surface area contributed by atoms with Crippen LogP contribution in [0.4, 0.5) is 31.1 Å². The van der Waals surface area contributed by atoms with Gasteiger partial charge < -0.3 is 14.2 Å². The number of rotatable bonds is 8. The van der Waals surface area contributed by atoms with Crippen molar-refractivity contribution in [3.8, 4) is 28.0 Å². The predicted octanol–water partition coefficient (Wildman–Crippen LogP) is 9.67. The van der Waals surface area contributed by atoms with Crippen LogP contribution in [0.3, 0.4) is 0 Å². The van der Waals surface area contributed by atoms with Gasteiger partial charge in [-0.15, -0.1) is 0 Å². The molecule has 1 aliphatic heterocycles. The third kappa shape index (κ3) is 7.17. The molecule has 1 amide bonds. The van der Waals surface area contributed by atoms with Crippen molar-refractivity contribution in [2.45, 2.75) is 51.8 Å². The topological polar surface area (TPSA) is 78.0 Å². The number of benzene rings is 3. The van der Waals surface area contributed by atoms with Crippen molar-refractivity contribution in [2.75, 3.05) is 14.2 Å². The average Bonchev–Trinajstić information content (AvgIpc) is 3.35. The Hall–Kier alpha value is -5.33. The zero-order chi connectivity index (χ0) is 36.7. The molecule has 1 unspecified atom stereocenters. The molecule has 1 fully saturated rings. The molecule has 13 heteroatoms. The lowest BCUT2D eigenvalue weighted by Crippen LogP contribution is -2.32. The summed E-state index contributed by atoms with van der Waals surface area (Å²) in [4.78, 5) is 31.3. The first-order valence-corrected chi connectivity index (χ1v) is 15.2. The van der Waals surface area contributed by atoms with Crippen molar-refractivity contribution in [1.29, 1.82) is 0 Å². The molecular formula is C37H32F6N2O5. The van der Waals surface area contributed by atoms with Gasteiger partial charge in [0, 0.05) is 11.1 Å². The number of amides is 1. The molecule has 0 saturated carbocycles. The summed E-state index contributed by atoms with van der Waals surface area (Å²) in [5.41, 5.74) is 1.88. The number of cyclic esters (lactones) is 1. The fourth-order valence-electron chi connectivity index (χ4n) is 5.89. The number of esters is 1.